The van der Waals surface area contributed by atoms with E-state index in [1.54, 1.807) is 7.11 Å². The Labute approximate surface area is 118 Å². The van der Waals surface area contributed by atoms with E-state index in [1.165, 1.54) is 16.7 Å². The van der Waals surface area contributed by atoms with E-state index in [4.69, 9.17) is 4.74 Å². The van der Waals surface area contributed by atoms with Crippen LogP contribution in [0.2, 0.25) is 0 Å². The van der Waals surface area contributed by atoms with E-state index in [0.717, 1.165) is 23.3 Å². The van der Waals surface area contributed by atoms with Crippen molar-refractivity contribution in [2.45, 2.75) is 20.4 Å². The molecule has 0 spiro atoms. The molecule has 1 rings (SSSR count). The molecule has 96 valence electrons. The van der Waals surface area contributed by atoms with Gasteiger partial charge in [0.15, 0.2) is 0 Å². The molecule has 0 atom stereocenters. The summed E-state index contributed by atoms with van der Waals surface area (Å²) in [5.41, 5.74) is 3.62. The van der Waals surface area contributed by atoms with Crippen LogP contribution >= 0.6 is 28.3 Å². The quantitative estimate of drug-likeness (QED) is 0.892. The summed E-state index contributed by atoms with van der Waals surface area (Å²) in [6, 6.07) is 4.30. The highest BCUT2D eigenvalue weighted by Gasteiger charge is 2.04. The molecular formula is C13H19BrClNO. The first-order valence-electron chi connectivity index (χ1n) is 5.22. The Kier molecular flexibility index (Phi) is 7.51. The molecule has 0 saturated heterocycles. The molecule has 0 saturated carbocycles. The van der Waals surface area contributed by atoms with Crippen LogP contribution in [0.5, 0.6) is 5.75 Å². The molecule has 0 heterocycles. The van der Waals surface area contributed by atoms with Crippen LogP contribution in [0.15, 0.2) is 23.2 Å². The van der Waals surface area contributed by atoms with Crippen LogP contribution in [0.25, 0.3) is 0 Å². The van der Waals surface area contributed by atoms with E-state index >= 15 is 0 Å². The van der Waals surface area contributed by atoms with E-state index in [1.807, 2.05) is 0 Å². The molecule has 1 N–H and O–H groups in total. The SMILES string of the molecule is C=C(Br)CNCc1cc(C)c(OC)c(C)c1.Cl. The Hall–Kier alpha value is -0.510. The first-order valence-corrected chi connectivity index (χ1v) is 6.02. The number of ether oxygens (including phenoxy) is 1. The van der Waals surface area contributed by atoms with Crippen molar-refractivity contribution in [3.05, 3.63) is 39.9 Å². The number of hydrogen-bond acceptors (Lipinski definition) is 2. The maximum absolute atomic E-state index is 5.33. The van der Waals surface area contributed by atoms with Gasteiger partial charge in [0.25, 0.3) is 0 Å². The molecule has 0 fully saturated rings. The zero-order chi connectivity index (χ0) is 12.1. The maximum atomic E-state index is 5.33. The molecular weight excluding hydrogens is 302 g/mol. The number of benzene rings is 1. The van der Waals surface area contributed by atoms with Gasteiger partial charge in [-0.15, -0.1) is 12.4 Å². The van der Waals surface area contributed by atoms with E-state index in [-0.39, 0.29) is 12.4 Å². The summed E-state index contributed by atoms with van der Waals surface area (Å²) < 4.78 is 6.30. The third-order valence-corrected chi connectivity index (χ3v) is 2.65. The fourth-order valence-corrected chi connectivity index (χ4v) is 2.00. The summed E-state index contributed by atoms with van der Waals surface area (Å²) in [4.78, 5) is 0. The number of hydrogen-bond donors (Lipinski definition) is 1. The molecule has 1 aromatic carbocycles. The number of halogens is 2. The maximum Gasteiger partial charge on any atom is 0.124 e. The zero-order valence-corrected chi connectivity index (χ0v) is 12.9. The Morgan fingerprint density at radius 2 is 1.88 bits per heavy atom. The highest BCUT2D eigenvalue weighted by molar-refractivity contribution is 9.11. The number of rotatable bonds is 5. The van der Waals surface area contributed by atoms with Gasteiger partial charge in [-0.05, 0) is 30.5 Å². The first kappa shape index (κ1) is 16.5. The molecule has 0 unspecified atom stereocenters. The van der Waals surface area contributed by atoms with Crippen LogP contribution in [-0.2, 0) is 6.54 Å². The monoisotopic (exact) mass is 319 g/mol. The fourth-order valence-electron chi connectivity index (χ4n) is 1.81. The second kappa shape index (κ2) is 7.75. The van der Waals surface area contributed by atoms with Gasteiger partial charge in [-0.25, -0.2) is 0 Å². The Morgan fingerprint density at radius 1 is 1.35 bits per heavy atom. The van der Waals surface area contributed by atoms with Crippen molar-refractivity contribution in [1.29, 1.82) is 0 Å². The van der Waals surface area contributed by atoms with Crippen LogP contribution < -0.4 is 10.1 Å². The van der Waals surface area contributed by atoms with Gasteiger partial charge >= 0.3 is 0 Å². The predicted octanol–water partition coefficient (Wildman–Crippen LogP) is 3.73. The van der Waals surface area contributed by atoms with Crippen molar-refractivity contribution in [2.75, 3.05) is 13.7 Å². The lowest BCUT2D eigenvalue weighted by molar-refractivity contribution is 0.408. The Morgan fingerprint density at radius 3 is 2.29 bits per heavy atom. The molecule has 0 aromatic heterocycles. The van der Waals surface area contributed by atoms with Crippen molar-refractivity contribution in [3.8, 4) is 5.75 Å². The molecule has 0 radical (unpaired) electrons. The van der Waals surface area contributed by atoms with Crippen LogP contribution in [0.1, 0.15) is 16.7 Å². The summed E-state index contributed by atoms with van der Waals surface area (Å²) >= 11 is 3.32. The third-order valence-electron chi connectivity index (χ3n) is 2.37. The van der Waals surface area contributed by atoms with Crippen molar-refractivity contribution in [2.24, 2.45) is 0 Å². The van der Waals surface area contributed by atoms with Gasteiger partial charge in [0.2, 0.25) is 0 Å². The lowest BCUT2D eigenvalue weighted by Crippen LogP contribution is -2.14. The molecule has 2 nitrogen and oxygen atoms in total. The van der Waals surface area contributed by atoms with E-state index in [0.29, 0.717) is 0 Å². The summed E-state index contributed by atoms with van der Waals surface area (Å²) in [5, 5.41) is 3.31. The van der Waals surface area contributed by atoms with E-state index in [2.05, 4.69) is 53.8 Å². The van der Waals surface area contributed by atoms with E-state index < -0.39 is 0 Å². The van der Waals surface area contributed by atoms with Crippen molar-refractivity contribution in [1.82, 2.24) is 5.32 Å². The minimum atomic E-state index is 0. The lowest BCUT2D eigenvalue weighted by Gasteiger charge is -2.11. The Bertz CT molecular complexity index is 370. The average molecular weight is 321 g/mol. The molecule has 0 aliphatic rings. The van der Waals surface area contributed by atoms with Crippen molar-refractivity contribution >= 4 is 28.3 Å². The van der Waals surface area contributed by atoms with Crippen LogP contribution in [0.3, 0.4) is 0 Å². The summed E-state index contributed by atoms with van der Waals surface area (Å²) in [5.74, 6) is 0.980. The summed E-state index contributed by atoms with van der Waals surface area (Å²) in [6.07, 6.45) is 0. The predicted molar refractivity (Wildman–Crippen MR) is 79.5 cm³/mol. The van der Waals surface area contributed by atoms with E-state index in [9.17, 15) is 0 Å². The highest BCUT2D eigenvalue weighted by atomic mass is 79.9. The second-order valence-corrected chi connectivity index (χ2v) is 5.01. The topological polar surface area (TPSA) is 21.3 Å². The molecule has 1 aromatic rings. The summed E-state index contributed by atoms with van der Waals surface area (Å²) in [6.45, 7) is 9.54. The fraction of sp³-hybridized carbons (Fsp3) is 0.385. The van der Waals surface area contributed by atoms with Gasteiger partial charge in [-0.3, -0.25) is 0 Å². The molecule has 0 aliphatic heterocycles. The van der Waals surface area contributed by atoms with Gasteiger partial charge in [-0.1, -0.05) is 34.6 Å². The standard InChI is InChI=1S/C13H18BrNO.ClH/c1-9-5-12(8-15-7-11(3)14)6-10(2)13(9)16-4;/h5-6,15H,3,7-8H2,1-2,4H3;1H. The number of methoxy groups -OCH3 is 1. The van der Waals surface area contributed by atoms with Crippen molar-refractivity contribution in [3.63, 3.8) is 0 Å². The normalized spacial score (nSPS) is 9.65. The minimum absolute atomic E-state index is 0. The zero-order valence-electron chi connectivity index (χ0n) is 10.5. The smallest absolute Gasteiger partial charge is 0.124 e. The number of aryl methyl sites for hydroxylation is 2. The molecule has 4 heteroatoms. The van der Waals surface area contributed by atoms with Crippen LogP contribution in [0.4, 0.5) is 0 Å². The van der Waals surface area contributed by atoms with Crippen LogP contribution in [0, 0.1) is 13.8 Å². The largest absolute Gasteiger partial charge is 0.496 e. The molecule has 17 heavy (non-hydrogen) atoms. The third kappa shape index (κ3) is 5.11. The first-order chi connectivity index (χ1) is 7.54. The second-order valence-electron chi connectivity index (χ2n) is 3.88. The van der Waals surface area contributed by atoms with Crippen molar-refractivity contribution < 1.29 is 4.74 Å². The lowest BCUT2D eigenvalue weighted by atomic mass is 10.1. The molecule has 0 bridgehead atoms. The van der Waals surface area contributed by atoms with Gasteiger partial charge in [0.1, 0.15) is 5.75 Å². The minimum Gasteiger partial charge on any atom is -0.496 e. The van der Waals surface area contributed by atoms with Gasteiger partial charge in [0, 0.05) is 17.6 Å². The summed E-state index contributed by atoms with van der Waals surface area (Å²) in [7, 11) is 1.71. The van der Waals surface area contributed by atoms with Gasteiger partial charge in [-0.2, -0.15) is 0 Å². The van der Waals surface area contributed by atoms with Crippen LogP contribution in [-0.4, -0.2) is 13.7 Å². The highest BCUT2D eigenvalue weighted by Crippen LogP contribution is 2.24. The number of nitrogens with one attached hydrogen (secondary N) is 1. The van der Waals surface area contributed by atoms with Gasteiger partial charge < -0.3 is 10.1 Å². The average Bonchev–Trinajstić information content (AvgIpc) is 2.16. The molecule has 0 amide bonds. The van der Waals surface area contributed by atoms with Gasteiger partial charge in [0.05, 0.1) is 7.11 Å². The molecule has 0 aliphatic carbocycles. The Balaban J connectivity index is 0.00000256.